The SMILES string of the molecule is CCc1cc(N2C(=S)N(c3ccc(C#N)c(C(F)(F)F)c3)C(=O)C2(C)C)ccc1OCCN1CCN(CC(=O)Nc2cc(F)cc(NC3CCC(=O)NC3=O)c2)C2(CC2)C1. The summed E-state index contributed by atoms with van der Waals surface area (Å²) in [6, 6.07) is 13.4. The van der Waals surface area contributed by atoms with Gasteiger partial charge in [0.15, 0.2) is 5.11 Å². The summed E-state index contributed by atoms with van der Waals surface area (Å²) in [5, 5.41) is 17.3. The van der Waals surface area contributed by atoms with E-state index in [1.165, 1.54) is 18.2 Å². The van der Waals surface area contributed by atoms with Gasteiger partial charge in [-0.2, -0.15) is 18.4 Å². The van der Waals surface area contributed by atoms with Crippen molar-refractivity contribution in [3.63, 3.8) is 0 Å². The van der Waals surface area contributed by atoms with Crippen LogP contribution in [0.4, 0.5) is 40.3 Å². The molecule has 1 spiro atoms. The van der Waals surface area contributed by atoms with Crippen molar-refractivity contribution in [2.45, 2.75) is 76.2 Å². The summed E-state index contributed by atoms with van der Waals surface area (Å²) in [5.74, 6) is -1.57. The molecule has 4 fully saturated rings. The number of nitriles is 1. The van der Waals surface area contributed by atoms with Crippen LogP contribution in [0.5, 0.6) is 5.75 Å². The Balaban J connectivity index is 0.937. The molecule has 0 aromatic heterocycles. The third-order valence-corrected chi connectivity index (χ3v) is 11.9. The van der Waals surface area contributed by atoms with Crippen molar-refractivity contribution in [3.8, 4) is 11.8 Å². The second-order valence-electron chi connectivity index (χ2n) is 16.0. The number of hydrogen-bond acceptors (Lipinski definition) is 10. The number of imide groups is 1. The number of nitrogens with zero attached hydrogens (tertiary/aromatic N) is 5. The molecule has 3 aromatic carbocycles. The van der Waals surface area contributed by atoms with Gasteiger partial charge in [0.25, 0.3) is 5.91 Å². The summed E-state index contributed by atoms with van der Waals surface area (Å²) >= 11 is 5.72. The predicted molar refractivity (Wildman–Crippen MR) is 219 cm³/mol. The quantitative estimate of drug-likeness (QED) is 0.119. The Morgan fingerprint density at radius 3 is 2.45 bits per heavy atom. The first-order valence-corrected chi connectivity index (χ1v) is 20.1. The molecular formula is C42H44F4N8O5S. The Labute approximate surface area is 349 Å². The maximum absolute atomic E-state index is 14.5. The number of alkyl halides is 3. The second kappa shape index (κ2) is 16.4. The average molecular weight is 849 g/mol. The molecule has 18 heteroatoms. The van der Waals surface area contributed by atoms with Crippen molar-refractivity contribution in [2.75, 3.05) is 59.8 Å². The number of thiocarbonyl (C=S) groups is 1. The molecule has 1 unspecified atom stereocenters. The highest BCUT2D eigenvalue weighted by Gasteiger charge is 2.52. The van der Waals surface area contributed by atoms with Crippen LogP contribution in [0.3, 0.4) is 0 Å². The summed E-state index contributed by atoms with van der Waals surface area (Å²) in [6.45, 7) is 8.51. The van der Waals surface area contributed by atoms with Gasteiger partial charge in [-0.05, 0) is 112 Å². The van der Waals surface area contributed by atoms with E-state index in [9.17, 15) is 42.0 Å². The highest BCUT2D eigenvalue weighted by atomic mass is 32.1. The number of benzene rings is 3. The zero-order valence-corrected chi connectivity index (χ0v) is 34.1. The maximum atomic E-state index is 14.5. The lowest BCUT2D eigenvalue weighted by molar-refractivity contribution is -0.138. The number of piperazine rings is 1. The molecule has 0 radical (unpaired) electrons. The van der Waals surface area contributed by atoms with E-state index in [0.717, 1.165) is 42.0 Å². The van der Waals surface area contributed by atoms with Gasteiger partial charge in [-0.25, -0.2) is 4.39 Å². The van der Waals surface area contributed by atoms with Crippen molar-refractivity contribution in [3.05, 3.63) is 77.1 Å². The van der Waals surface area contributed by atoms with Crippen LogP contribution >= 0.6 is 12.2 Å². The van der Waals surface area contributed by atoms with E-state index in [4.69, 9.17) is 17.0 Å². The molecule has 3 aromatic rings. The fraction of sp³-hybridized carbons (Fsp3) is 0.429. The largest absolute Gasteiger partial charge is 0.492 e. The number of ether oxygens (including phenoxy) is 1. The van der Waals surface area contributed by atoms with Crippen LogP contribution < -0.4 is 30.5 Å². The monoisotopic (exact) mass is 848 g/mol. The minimum Gasteiger partial charge on any atom is -0.492 e. The first kappa shape index (κ1) is 42.5. The summed E-state index contributed by atoms with van der Waals surface area (Å²) in [5.41, 5.74) is -1.18. The number of hydrogen-bond donors (Lipinski definition) is 3. The Kier molecular flexibility index (Phi) is 11.6. The third kappa shape index (κ3) is 8.65. The number of piperidine rings is 1. The third-order valence-electron chi connectivity index (χ3n) is 11.5. The normalized spacial score (nSPS) is 20.3. The summed E-state index contributed by atoms with van der Waals surface area (Å²) in [7, 11) is 0. The van der Waals surface area contributed by atoms with Gasteiger partial charge in [-0.15, -0.1) is 0 Å². The molecule has 1 aliphatic carbocycles. The first-order valence-electron chi connectivity index (χ1n) is 19.7. The van der Waals surface area contributed by atoms with Gasteiger partial charge in [0.05, 0.1) is 29.4 Å². The lowest BCUT2D eigenvalue weighted by atomic mass is 10.0. The van der Waals surface area contributed by atoms with Crippen LogP contribution in [0.2, 0.25) is 0 Å². The Bertz CT molecular complexity index is 2290. The molecule has 1 atom stereocenters. The van der Waals surface area contributed by atoms with Crippen molar-refractivity contribution < 1.29 is 41.5 Å². The number of amides is 4. The summed E-state index contributed by atoms with van der Waals surface area (Å²) < 4.78 is 62.2. The molecule has 3 N–H and O–H groups in total. The Hall–Kier alpha value is -5.64. The van der Waals surface area contributed by atoms with Crippen molar-refractivity contribution >= 4 is 63.7 Å². The van der Waals surface area contributed by atoms with Gasteiger partial charge in [-0.1, -0.05) is 6.92 Å². The number of aryl methyl sites for hydroxylation is 1. The predicted octanol–water partition coefficient (Wildman–Crippen LogP) is 5.58. The van der Waals surface area contributed by atoms with E-state index in [1.54, 1.807) is 43.0 Å². The number of nitrogens with one attached hydrogen (secondary N) is 3. The molecule has 3 aliphatic heterocycles. The summed E-state index contributed by atoms with van der Waals surface area (Å²) in [4.78, 5) is 57.7. The number of rotatable bonds is 12. The van der Waals surface area contributed by atoms with Crippen molar-refractivity contribution in [2.24, 2.45) is 0 Å². The minimum absolute atomic E-state index is 0.00613. The van der Waals surface area contributed by atoms with Gasteiger partial charge in [0.1, 0.15) is 29.8 Å². The molecule has 3 saturated heterocycles. The highest BCUT2D eigenvalue weighted by Crippen LogP contribution is 2.44. The molecule has 60 heavy (non-hydrogen) atoms. The van der Waals surface area contributed by atoms with Gasteiger partial charge < -0.3 is 20.3 Å². The van der Waals surface area contributed by atoms with E-state index < -0.39 is 46.5 Å². The van der Waals surface area contributed by atoms with Gasteiger partial charge in [0.2, 0.25) is 17.7 Å². The molecule has 316 valence electrons. The molecule has 7 rings (SSSR count). The first-order chi connectivity index (χ1) is 28.4. The Morgan fingerprint density at radius 1 is 1.03 bits per heavy atom. The molecule has 4 aliphatic rings. The summed E-state index contributed by atoms with van der Waals surface area (Å²) in [6.07, 6.45) is -1.90. The van der Waals surface area contributed by atoms with Crippen LogP contribution in [0, 0.1) is 17.1 Å². The highest BCUT2D eigenvalue weighted by molar-refractivity contribution is 7.81. The van der Waals surface area contributed by atoms with Crippen LogP contribution in [0.25, 0.3) is 0 Å². The lowest BCUT2D eigenvalue weighted by Crippen LogP contribution is -2.57. The lowest BCUT2D eigenvalue weighted by Gasteiger charge is -2.41. The number of carbonyl (C=O) groups excluding carboxylic acids is 4. The standard InChI is InChI=1S/C42H44F4N8O5S/c1-4-25-17-31(54-39(60)53(38(58)40(54,2)3)30-6-5-26(22-47)32(21-30)42(44,45)46)7-9-34(25)59-16-15-51-13-14-52(41(24-51)11-12-41)23-36(56)49-29-19-27(43)18-28(20-29)48-33-8-10-35(55)50-37(33)57/h5-7,9,17-21,33,48H,4,8,10-16,23-24H2,1-3H3,(H,49,56)(H,50,55,57). The molecule has 1 saturated carbocycles. The van der Waals surface area contributed by atoms with E-state index in [2.05, 4.69) is 25.8 Å². The van der Waals surface area contributed by atoms with Gasteiger partial charge in [0, 0.05) is 55.2 Å². The minimum atomic E-state index is -4.81. The Morgan fingerprint density at radius 2 is 1.77 bits per heavy atom. The number of anilines is 4. The maximum Gasteiger partial charge on any atom is 0.417 e. The fourth-order valence-electron chi connectivity index (χ4n) is 8.17. The molecule has 4 amide bonds. The van der Waals surface area contributed by atoms with Gasteiger partial charge >= 0.3 is 6.18 Å². The topological polar surface area (TPSA) is 150 Å². The average Bonchev–Trinajstić information content (AvgIpc) is 3.92. The van der Waals surface area contributed by atoms with E-state index in [1.807, 2.05) is 13.0 Å². The van der Waals surface area contributed by atoms with Crippen molar-refractivity contribution in [1.82, 2.24) is 15.1 Å². The van der Waals surface area contributed by atoms with Crippen LogP contribution in [-0.4, -0.2) is 95.0 Å². The second-order valence-corrected chi connectivity index (χ2v) is 16.4. The fourth-order valence-corrected chi connectivity index (χ4v) is 8.69. The van der Waals surface area contributed by atoms with Crippen LogP contribution in [0.1, 0.15) is 63.1 Å². The van der Waals surface area contributed by atoms with E-state index in [0.29, 0.717) is 49.8 Å². The van der Waals surface area contributed by atoms with Gasteiger partial charge in [-0.3, -0.25) is 39.2 Å². The zero-order chi connectivity index (χ0) is 43.1. The zero-order valence-electron chi connectivity index (χ0n) is 33.2. The van der Waals surface area contributed by atoms with Crippen LogP contribution in [-0.2, 0) is 31.8 Å². The van der Waals surface area contributed by atoms with E-state index >= 15 is 0 Å². The van der Waals surface area contributed by atoms with Crippen molar-refractivity contribution in [1.29, 1.82) is 5.26 Å². The smallest absolute Gasteiger partial charge is 0.417 e. The molecule has 3 heterocycles. The molecule has 13 nitrogen and oxygen atoms in total. The number of carbonyl (C=O) groups is 4. The van der Waals surface area contributed by atoms with Crippen LogP contribution in [0.15, 0.2) is 54.6 Å². The van der Waals surface area contributed by atoms with E-state index in [-0.39, 0.29) is 53.2 Å². The molecule has 0 bridgehead atoms. The molecular weight excluding hydrogens is 805 g/mol. The number of halogens is 4.